The fourth-order valence-corrected chi connectivity index (χ4v) is 1.77. The Morgan fingerprint density at radius 1 is 1.24 bits per heavy atom. The SMILES string of the molecule is CC(C)(C)OC(=O)C(Nc1ccccc1)(C(=O)O)C(N)=S. The molecule has 1 atom stereocenters. The summed E-state index contributed by atoms with van der Waals surface area (Å²) >= 11 is 4.80. The van der Waals surface area contributed by atoms with Crippen LogP contribution in [0.15, 0.2) is 30.3 Å². The highest BCUT2D eigenvalue weighted by atomic mass is 32.1. The van der Waals surface area contributed by atoms with Gasteiger partial charge in [-0.05, 0) is 32.9 Å². The molecule has 1 unspecified atom stereocenters. The van der Waals surface area contributed by atoms with Crippen LogP contribution >= 0.6 is 12.2 Å². The number of aliphatic carboxylic acids is 1. The summed E-state index contributed by atoms with van der Waals surface area (Å²) in [5.41, 5.74) is 2.73. The maximum absolute atomic E-state index is 12.3. The van der Waals surface area contributed by atoms with Gasteiger partial charge in [0, 0.05) is 5.69 Å². The number of hydrogen-bond donors (Lipinski definition) is 3. The first-order valence-electron chi connectivity index (χ1n) is 6.19. The lowest BCUT2D eigenvalue weighted by molar-refractivity contribution is -0.163. The molecule has 21 heavy (non-hydrogen) atoms. The minimum Gasteiger partial charge on any atom is -0.479 e. The minimum absolute atomic E-state index is 0.388. The molecule has 7 heteroatoms. The maximum atomic E-state index is 12.3. The summed E-state index contributed by atoms with van der Waals surface area (Å²) in [6, 6.07) is 8.32. The van der Waals surface area contributed by atoms with Crippen molar-refractivity contribution in [2.45, 2.75) is 31.9 Å². The number of ether oxygens (including phenoxy) is 1. The van der Waals surface area contributed by atoms with Gasteiger partial charge in [-0.3, -0.25) is 0 Å². The largest absolute Gasteiger partial charge is 0.479 e. The molecular weight excluding hydrogens is 292 g/mol. The Kier molecular flexibility index (Phi) is 4.90. The van der Waals surface area contributed by atoms with Gasteiger partial charge >= 0.3 is 11.9 Å². The third kappa shape index (κ3) is 3.91. The van der Waals surface area contributed by atoms with Crippen molar-refractivity contribution >= 4 is 34.8 Å². The number of nitrogens with two attached hydrogens (primary N) is 1. The zero-order valence-electron chi connectivity index (χ0n) is 12.0. The molecular formula is C14H18N2O4S. The molecule has 0 aromatic heterocycles. The molecule has 6 nitrogen and oxygen atoms in total. The number of carbonyl (C=O) groups excluding carboxylic acids is 1. The van der Waals surface area contributed by atoms with Crippen molar-refractivity contribution in [3.8, 4) is 0 Å². The van der Waals surface area contributed by atoms with Crippen LogP contribution in [0.3, 0.4) is 0 Å². The number of benzene rings is 1. The molecule has 0 fully saturated rings. The second-order valence-corrected chi connectivity index (χ2v) is 5.85. The lowest BCUT2D eigenvalue weighted by atomic mass is 9.98. The van der Waals surface area contributed by atoms with Gasteiger partial charge in [0.1, 0.15) is 10.6 Å². The van der Waals surface area contributed by atoms with E-state index in [0.29, 0.717) is 5.69 Å². The van der Waals surface area contributed by atoms with Crippen molar-refractivity contribution in [1.29, 1.82) is 0 Å². The first kappa shape index (κ1) is 16.9. The lowest BCUT2D eigenvalue weighted by Gasteiger charge is -2.31. The van der Waals surface area contributed by atoms with Gasteiger partial charge in [-0.25, -0.2) is 9.59 Å². The van der Waals surface area contributed by atoms with E-state index in [9.17, 15) is 14.7 Å². The number of carbonyl (C=O) groups is 2. The van der Waals surface area contributed by atoms with Crippen molar-refractivity contribution < 1.29 is 19.4 Å². The third-order valence-corrected chi connectivity index (χ3v) is 2.81. The number of rotatable bonds is 5. The van der Waals surface area contributed by atoms with Crippen LogP contribution in [0.4, 0.5) is 5.69 Å². The maximum Gasteiger partial charge on any atom is 0.351 e. The highest BCUT2D eigenvalue weighted by Crippen LogP contribution is 2.21. The van der Waals surface area contributed by atoms with Gasteiger partial charge in [0.2, 0.25) is 0 Å². The Hall–Kier alpha value is -2.15. The highest BCUT2D eigenvalue weighted by Gasteiger charge is 2.52. The Labute approximate surface area is 128 Å². The summed E-state index contributed by atoms with van der Waals surface area (Å²) in [5, 5.41) is 12.1. The smallest absolute Gasteiger partial charge is 0.351 e. The lowest BCUT2D eigenvalue weighted by Crippen LogP contribution is -2.63. The van der Waals surface area contributed by atoms with Crippen molar-refractivity contribution in [2.24, 2.45) is 5.73 Å². The van der Waals surface area contributed by atoms with Gasteiger partial charge < -0.3 is 20.9 Å². The Balaban J connectivity index is 3.26. The molecule has 0 heterocycles. The van der Waals surface area contributed by atoms with Gasteiger partial charge in [-0.15, -0.1) is 0 Å². The minimum atomic E-state index is -2.32. The van der Waals surface area contributed by atoms with Gasteiger partial charge in [0.25, 0.3) is 5.54 Å². The van der Waals surface area contributed by atoms with Gasteiger partial charge in [-0.2, -0.15) is 0 Å². The predicted molar refractivity (Wildman–Crippen MR) is 83.1 cm³/mol. The topological polar surface area (TPSA) is 102 Å². The van der Waals surface area contributed by atoms with Crippen molar-refractivity contribution in [1.82, 2.24) is 0 Å². The summed E-state index contributed by atoms with van der Waals surface area (Å²) in [6.45, 7) is 4.87. The van der Waals surface area contributed by atoms with E-state index in [4.69, 9.17) is 22.7 Å². The molecule has 0 bridgehead atoms. The van der Waals surface area contributed by atoms with Gasteiger partial charge in [-0.1, -0.05) is 30.4 Å². The average Bonchev–Trinajstić information content (AvgIpc) is 2.34. The van der Waals surface area contributed by atoms with Crippen LogP contribution in [0, 0.1) is 0 Å². The van der Waals surface area contributed by atoms with Crippen LogP contribution in [-0.2, 0) is 14.3 Å². The first-order valence-corrected chi connectivity index (χ1v) is 6.60. The summed E-state index contributed by atoms with van der Waals surface area (Å²) in [4.78, 5) is 23.5. The number of anilines is 1. The summed E-state index contributed by atoms with van der Waals surface area (Å²) < 4.78 is 5.15. The second kappa shape index (κ2) is 6.09. The number of thiocarbonyl (C=S) groups is 1. The Bertz CT molecular complexity index is 538. The standard InChI is InChI=1S/C14H18N2O4S/c1-13(2,3)20-12(19)14(10(15)21,11(17)18)16-9-7-5-4-6-8-9/h4-8,16H,1-3H3,(H2,15,21)(H,17,18). The summed E-state index contributed by atoms with van der Waals surface area (Å²) in [6.07, 6.45) is 0. The number of para-hydroxylation sites is 1. The number of carboxylic acid groups (broad SMARTS) is 1. The van der Waals surface area contributed by atoms with Crippen molar-refractivity contribution in [2.75, 3.05) is 5.32 Å². The summed E-state index contributed by atoms with van der Waals surface area (Å²) in [5.74, 6) is -2.58. The molecule has 0 aliphatic heterocycles. The van der Waals surface area contributed by atoms with Crippen LogP contribution in [0.1, 0.15) is 20.8 Å². The van der Waals surface area contributed by atoms with Crippen LogP contribution < -0.4 is 11.1 Å². The van der Waals surface area contributed by atoms with E-state index in [-0.39, 0.29) is 0 Å². The monoisotopic (exact) mass is 310 g/mol. The number of esters is 1. The zero-order valence-corrected chi connectivity index (χ0v) is 12.9. The molecule has 0 amide bonds. The predicted octanol–water partition coefficient (Wildman–Crippen LogP) is 1.55. The third-order valence-electron chi connectivity index (χ3n) is 2.50. The average molecular weight is 310 g/mol. The molecule has 0 radical (unpaired) electrons. The van der Waals surface area contributed by atoms with Crippen LogP contribution in [-0.4, -0.2) is 33.2 Å². The van der Waals surface area contributed by atoms with Crippen molar-refractivity contribution in [3.63, 3.8) is 0 Å². The van der Waals surface area contributed by atoms with Crippen molar-refractivity contribution in [3.05, 3.63) is 30.3 Å². The fourth-order valence-electron chi connectivity index (χ4n) is 1.55. The highest BCUT2D eigenvalue weighted by molar-refractivity contribution is 7.80. The second-order valence-electron chi connectivity index (χ2n) is 5.41. The fraction of sp³-hybridized carbons (Fsp3) is 0.357. The normalized spacial score (nSPS) is 13.9. The molecule has 1 rings (SSSR count). The van der Waals surface area contributed by atoms with E-state index in [1.54, 1.807) is 51.1 Å². The Morgan fingerprint density at radius 2 is 1.76 bits per heavy atom. The number of hydrogen-bond acceptors (Lipinski definition) is 5. The van der Waals surface area contributed by atoms with Gasteiger partial charge in [0.05, 0.1) is 0 Å². The van der Waals surface area contributed by atoms with E-state index >= 15 is 0 Å². The van der Waals surface area contributed by atoms with Crippen LogP contribution in [0.25, 0.3) is 0 Å². The molecule has 1 aromatic rings. The number of nitrogens with one attached hydrogen (secondary N) is 1. The van der Waals surface area contributed by atoms with E-state index in [1.165, 1.54) is 0 Å². The van der Waals surface area contributed by atoms with E-state index < -0.39 is 28.1 Å². The molecule has 114 valence electrons. The molecule has 0 aliphatic carbocycles. The molecule has 0 aliphatic rings. The van der Waals surface area contributed by atoms with Crippen LogP contribution in [0.2, 0.25) is 0 Å². The molecule has 0 saturated carbocycles. The molecule has 1 aromatic carbocycles. The first-order chi connectivity index (χ1) is 9.59. The summed E-state index contributed by atoms with van der Waals surface area (Å²) in [7, 11) is 0. The van der Waals surface area contributed by atoms with Gasteiger partial charge in [0.15, 0.2) is 0 Å². The zero-order chi connectivity index (χ0) is 16.3. The van der Waals surface area contributed by atoms with Crippen LogP contribution in [0.5, 0.6) is 0 Å². The Morgan fingerprint density at radius 3 is 2.14 bits per heavy atom. The van der Waals surface area contributed by atoms with E-state index in [2.05, 4.69) is 5.32 Å². The quantitative estimate of drug-likeness (QED) is 0.431. The van der Waals surface area contributed by atoms with E-state index in [1.807, 2.05) is 0 Å². The molecule has 4 N–H and O–H groups in total. The molecule has 0 spiro atoms. The number of carboxylic acids is 1. The van der Waals surface area contributed by atoms with E-state index in [0.717, 1.165) is 0 Å². The molecule has 0 saturated heterocycles.